The molecule has 0 radical (unpaired) electrons. The zero-order valence-corrected chi connectivity index (χ0v) is 8.67. The van der Waals surface area contributed by atoms with Gasteiger partial charge in [-0.25, -0.2) is 4.79 Å². The lowest BCUT2D eigenvalue weighted by molar-refractivity contribution is 0.0540. The summed E-state index contributed by atoms with van der Waals surface area (Å²) in [5.74, 6) is -0.379. The number of esters is 1. The Balaban J connectivity index is 2.65. The number of rotatable bonds is 3. The number of carbonyl (C=O) groups is 1. The molecule has 0 heterocycles. The predicted molar refractivity (Wildman–Crippen MR) is 56.5 cm³/mol. The van der Waals surface area contributed by atoms with E-state index in [9.17, 15) is 4.79 Å². The fourth-order valence-corrected chi connectivity index (χ4v) is 1.08. The van der Waals surface area contributed by atoms with E-state index in [0.717, 1.165) is 5.57 Å². The van der Waals surface area contributed by atoms with Crippen LogP contribution in [0.3, 0.4) is 0 Å². The highest BCUT2D eigenvalue weighted by Gasteiger charge is 2.06. The molecule has 0 saturated carbocycles. The van der Waals surface area contributed by atoms with Crippen molar-refractivity contribution in [1.82, 2.24) is 0 Å². The number of ether oxygens (including phenoxy) is 1. The minimum absolute atomic E-state index is 0.241. The molecule has 0 atom stereocenters. The van der Waals surface area contributed by atoms with E-state index in [1.165, 1.54) is 0 Å². The SMILES string of the molecule is C=C(C)COC(=O)c1cccc(Cl)c1. The third-order valence-electron chi connectivity index (χ3n) is 1.51. The summed E-state index contributed by atoms with van der Waals surface area (Å²) < 4.78 is 4.95. The summed E-state index contributed by atoms with van der Waals surface area (Å²) in [5, 5.41) is 0.523. The summed E-state index contributed by atoms with van der Waals surface area (Å²) in [4.78, 5) is 11.4. The number of carbonyl (C=O) groups excluding carboxylic acids is 1. The highest BCUT2D eigenvalue weighted by molar-refractivity contribution is 6.30. The van der Waals surface area contributed by atoms with Crippen LogP contribution in [-0.4, -0.2) is 12.6 Å². The average Bonchev–Trinajstić information content (AvgIpc) is 2.14. The maximum Gasteiger partial charge on any atom is 0.338 e. The van der Waals surface area contributed by atoms with Gasteiger partial charge in [-0.2, -0.15) is 0 Å². The van der Waals surface area contributed by atoms with Gasteiger partial charge in [0.15, 0.2) is 0 Å². The first-order chi connectivity index (χ1) is 6.59. The second kappa shape index (κ2) is 4.82. The molecule has 0 aliphatic carbocycles. The maximum atomic E-state index is 11.4. The van der Waals surface area contributed by atoms with E-state index < -0.39 is 0 Å². The molecule has 0 aromatic heterocycles. The summed E-state index contributed by atoms with van der Waals surface area (Å²) in [6.07, 6.45) is 0. The van der Waals surface area contributed by atoms with Gasteiger partial charge in [-0.3, -0.25) is 0 Å². The van der Waals surface area contributed by atoms with Gasteiger partial charge in [-0.1, -0.05) is 24.2 Å². The first-order valence-corrected chi connectivity index (χ1v) is 4.54. The highest BCUT2D eigenvalue weighted by atomic mass is 35.5. The van der Waals surface area contributed by atoms with E-state index in [2.05, 4.69) is 6.58 Å². The molecule has 1 aromatic carbocycles. The van der Waals surface area contributed by atoms with Crippen LogP contribution in [-0.2, 0) is 4.74 Å². The standard InChI is InChI=1S/C11H11ClO2/c1-8(2)7-14-11(13)9-4-3-5-10(12)6-9/h3-6H,1,7H2,2H3. The summed E-state index contributed by atoms with van der Waals surface area (Å²) in [5.41, 5.74) is 1.26. The van der Waals surface area contributed by atoms with E-state index in [1.54, 1.807) is 31.2 Å². The topological polar surface area (TPSA) is 26.3 Å². The third-order valence-corrected chi connectivity index (χ3v) is 1.75. The first-order valence-electron chi connectivity index (χ1n) is 4.16. The maximum absolute atomic E-state index is 11.4. The molecule has 0 bridgehead atoms. The molecule has 0 aliphatic heterocycles. The molecule has 1 rings (SSSR count). The van der Waals surface area contributed by atoms with Crippen LogP contribution in [0.1, 0.15) is 17.3 Å². The zero-order chi connectivity index (χ0) is 10.6. The summed E-state index contributed by atoms with van der Waals surface area (Å²) >= 11 is 5.73. The second-order valence-corrected chi connectivity index (χ2v) is 3.48. The fourth-order valence-electron chi connectivity index (χ4n) is 0.888. The van der Waals surface area contributed by atoms with Crippen molar-refractivity contribution >= 4 is 17.6 Å². The highest BCUT2D eigenvalue weighted by Crippen LogP contribution is 2.11. The minimum Gasteiger partial charge on any atom is -0.458 e. The summed E-state index contributed by atoms with van der Waals surface area (Å²) in [6.45, 7) is 5.67. The van der Waals surface area contributed by atoms with Crippen LogP contribution in [0.5, 0.6) is 0 Å². The van der Waals surface area contributed by atoms with Gasteiger partial charge in [0.25, 0.3) is 0 Å². The van der Waals surface area contributed by atoms with Crippen molar-refractivity contribution in [3.8, 4) is 0 Å². The second-order valence-electron chi connectivity index (χ2n) is 3.04. The van der Waals surface area contributed by atoms with Crippen molar-refractivity contribution in [2.75, 3.05) is 6.61 Å². The van der Waals surface area contributed by atoms with Crippen LogP contribution in [0.2, 0.25) is 5.02 Å². The lowest BCUT2D eigenvalue weighted by Gasteiger charge is -2.03. The monoisotopic (exact) mass is 210 g/mol. The molecule has 0 fully saturated rings. The van der Waals surface area contributed by atoms with Gasteiger partial charge in [-0.05, 0) is 30.7 Å². The Bertz CT molecular complexity index is 358. The Morgan fingerprint density at radius 3 is 2.86 bits per heavy atom. The molecule has 3 heteroatoms. The molecule has 0 N–H and O–H groups in total. The van der Waals surface area contributed by atoms with Gasteiger partial charge in [0.1, 0.15) is 6.61 Å². The van der Waals surface area contributed by atoms with Gasteiger partial charge < -0.3 is 4.74 Å². The first kappa shape index (κ1) is 10.8. The van der Waals surface area contributed by atoms with Gasteiger partial charge in [-0.15, -0.1) is 0 Å². The number of hydrogen-bond acceptors (Lipinski definition) is 2. The Hall–Kier alpha value is -1.28. The Kier molecular flexibility index (Phi) is 3.72. The molecule has 1 aromatic rings. The molecule has 0 unspecified atom stereocenters. The molecule has 0 spiro atoms. The van der Waals surface area contributed by atoms with Crippen LogP contribution in [0.15, 0.2) is 36.4 Å². The van der Waals surface area contributed by atoms with Crippen molar-refractivity contribution in [1.29, 1.82) is 0 Å². The predicted octanol–water partition coefficient (Wildman–Crippen LogP) is 3.07. The normalized spacial score (nSPS) is 9.57. The number of halogens is 1. The van der Waals surface area contributed by atoms with Gasteiger partial charge in [0, 0.05) is 5.02 Å². The fraction of sp³-hybridized carbons (Fsp3) is 0.182. The van der Waals surface area contributed by atoms with Crippen molar-refractivity contribution in [3.05, 3.63) is 47.0 Å². The van der Waals surface area contributed by atoms with Crippen LogP contribution >= 0.6 is 11.6 Å². The largest absolute Gasteiger partial charge is 0.458 e. The molecule has 0 aliphatic rings. The minimum atomic E-state index is -0.379. The lowest BCUT2D eigenvalue weighted by atomic mass is 10.2. The van der Waals surface area contributed by atoms with E-state index in [4.69, 9.17) is 16.3 Å². The zero-order valence-electron chi connectivity index (χ0n) is 7.92. The molecular formula is C11H11ClO2. The van der Waals surface area contributed by atoms with E-state index in [-0.39, 0.29) is 12.6 Å². The Morgan fingerprint density at radius 1 is 1.57 bits per heavy atom. The van der Waals surface area contributed by atoms with Gasteiger partial charge in [0.05, 0.1) is 5.56 Å². The molecule has 74 valence electrons. The van der Waals surface area contributed by atoms with Crippen molar-refractivity contribution < 1.29 is 9.53 Å². The van der Waals surface area contributed by atoms with Crippen LogP contribution in [0, 0.1) is 0 Å². The van der Waals surface area contributed by atoms with Gasteiger partial charge >= 0.3 is 5.97 Å². The molecule has 0 amide bonds. The Morgan fingerprint density at radius 2 is 2.29 bits per heavy atom. The third kappa shape index (κ3) is 3.23. The number of benzene rings is 1. The Labute approximate surface area is 88.1 Å². The van der Waals surface area contributed by atoms with E-state index in [1.807, 2.05) is 0 Å². The number of hydrogen-bond donors (Lipinski definition) is 0. The van der Waals surface area contributed by atoms with Crippen LogP contribution < -0.4 is 0 Å². The van der Waals surface area contributed by atoms with Crippen molar-refractivity contribution in [2.45, 2.75) is 6.92 Å². The molecule has 2 nitrogen and oxygen atoms in total. The van der Waals surface area contributed by atoms with E-state index in [0.29, 0.717) is 10.6 Å². The molecular weight excluding hydrogens is 200 g/mol. The van der Waals surface area contributed by atoms with Crippen molar-refractivity contribution in [3.63, 3.8) is 0 Å². The quantitative estimate of drug-likeness (QED) is 0.566. The van der Waals surface area contributed by atoms with E-state index >= 15 is 0 Å². The van der Waals surface area contributed by atoms with Crippen LogP contribution in [0.4, 0.5) is 0 Å². The summed E-state index contributed by atoms with van der Waals surface area (Å²) in [6, 6.07) is 6.64. The van der Waals surface area contributed by atoms with Crippen molar-refractivity contribution in [2.24, 2.45) is 0 Å². The smallest absolute Gasteiger partial charge is 0.338 e. The van der Waals surface area contributed by atoms with Crippen LogP contribution in [0.25, 0.3) is 0 Å². The van der Waals surface area contributed by atoms with Gasteiger partial charge in [0.2, 0.25) is 0 Å². The summed E-state index contributed by atoms with van der Waals surface area (Å²) in [7, 11) is 0. The lowest BCUT2D eigenvalue weighted by Crippen LogP contribution is -2.06. The molecule has 14 heavy (non-hydrogen) atoms. The average molecular weight is 211 g/mol. The molecule has 0 saturated heterocycles.